The molecule has 15 rings (SSSR count). The second-order valence-electron chi connectivity index (χ2n) is 25.1. The Bertz CT molecular complexity index is 5400. The normalized spacial score (nSPS) is 15.8. The van der Waals surface area contributed by atoms with Crippen molar-refractivity contribution in [1.29, 1.82) is 0 Å². The van der Waals surface area contributed by atoms with Crippen LogP contribution in [0.3, 0.4) is 0 Å². The van der Waals surface area contributed by atoms with Crippen LogP contribution in [0, 0.1) is 13.8 Å². The number of carbonyl (C=O) groups excluding carboxylic acids is 3. The number of nitrogen functional groups attached to an aromatic ring is 3. The monoisotopic (exact) mass is 1400 g/mol. The Morgan fingerprint density at radius 2 is 0.817 bits per heavy atom. The number of hydrogen-bond acceptors (Lipinski definition) is 21. The first-order valence-electron chi connectivity index (χ1n) is 33.6. The fourth-order valence-electron chi connectivity index (χ4n) is 13.1. The van der Waals surface area contributed by atoms with E-state index in [1.54, 1.807) is 65.5 Å². The standard InChI is InChI=1S/2C25H25N7O3.C24H23N7O3/c1-3-20(33)31-12-4-5-17(14-31)32-23-21(24(26)28-29-25(23)34)22(30-32)16-7-9-18(10-8-16)35-19-11-6-15(2)13-27-19;1-3-20(33)31-12-4-5-17(14-31)32-23-21(24(26)28-29-25(23)34)22(30-32)16-6-8-18(9-7-16)35-19-13-15(2)10-11-27-19;1-2-19(32)30-13-5-6-16(14-30)31-22-20(23(25)27-28-24(22)33)21(29-31)15-8-10-17(11-9-15)34-18-7-3-4-12-26-18/h2*3,6-11,13,17H,1,4-5,12,14H2,2H3,(H2,26,28)(H,29,34);2-4,7-12,16H,1,5-6,13-14H2,(H2,25,27)(H,28,33)/t2*17-;16-/m111/s1. The predicted molar refractivity (Wildman–Crippen MR) is 392 cm³/mol. The maximum Gasteiger partial charge on any atom is 0.290 e. The van der Waals surface area contributed by atoms with Crippen LogP contribution >= 0.6 is 0 Å². The number of aromatic amines is 3. The molecule has 3 aliphatic rings. The summed E-state index contributed by atoms with van der Waals surface area (Å²) >= 11 is 0. The average Bonchev–Trinajstić information content (AvgIpc) is 1.61. The highest BCUT2D eigenvalue weighted by Gasteiger charge is 2.33. The van der Waals surface area contributed by atoms with Gasteiger partial charge in [0.05, 0.1) is 34.3 Å². The first-order chi connectivity index (χ1) is 50.4. The molecule has 3 atom stereocenters. The maximum atomic E-state index is 12.8. The van der Waals surface area contributed by atoms with E-state index in [1.807, 2.05) is 111 Å². The summed E-state index contributed by atoms with van der Waals surface area (Å²) < 4.78 is 22.5. The number of nitrogens with two attached hydrogens (primary N) is 3. The van der Waals surface area contributed by atoms with Gasteiger partial charge >= 0.3 is 0 Å². The summed E-state index contributed by atoms with van der Waals surface area (Å²) in [4.78, 5) is 92.9. The number of benzene rings is 3. The molecule has 12 aromatic rings. The molecule has 30 heteroatoms. The van der Waals surface area contributed by atoms with Gasteiger partial charge in [0, 0.05) is 92.7 Å². The fourth-order valence-corrected chi connectivity index (χ4v) is 13.1. The van der Waals surface area contributed by atoms with Crippen molar-refractivity contribution in [3.63, 3.8) is 0 Å². The number of likely N-dealkylation sites (tertiary alicyclic amines) is 3. The van der Waals surface area contributed by atoms with Crippen LogP contribution in [0.5, 0.6) is 34.9 Å². The van der Waals surface area contributed by atoms with Crippen molar-refractivity contribution in [2.45, 2.75) is 70.5 Å². The van der Waals surface area contributed by atoms with Gasteiger partial charge in [-0.15, -0.1) is 0 Å². The minimum atomic E-state index is -0.384. The molecular formula is C74H73N21O9. The number of ether oxygens (including phenoxy) is 3. The number of nitrogens with one attached hydrogen (secondary N) is 3. The molecule has 0 radical (unpaired) electrons. The van der Waals surface area contributed by atoms with E-state index in [1.165, 1.54) is 18.2 Å². The Hall–Kier alpha value is -13.4. The van der Waals surface area contributed by atoms with Crippen LogP contribution in [-0.4, -0.2) is 147 Å². The molecule has 0 saturated carbocycles. The van der Waals surface area contributed by atoms with Crippen LogP contribution in [0.15, 0.2) is 186 Å². The Morgan fingerprint density at radius 3 is 1.15 bits per heavy atom. The molecule has 0 unspecified atom stereocenters. The summed E-state index contributed by atoms with van der Waals surface area (Å²) in [5, 5.41) is 35.1. The van der Waals surface area contributed by atoms with Crippen LogP contribution in [0.1, 0.15) is 67.8 Å². The zero-order chi connectivity index (χ0) is 72.7. The number of H-pyrrole nitrogens is 3. The lowest BCUT2D eigenvalue weighted by atomic mass is 10.1. The molecule has 3 amide bonds. The van der Waals surface area contributed by atoms with Crippen LogP contribution in [0.25, 0.3) is 66.5 Å². The summed E-state index contributed by atoms with van der Waals surface area (Å²) in [6.07, 6.45) is 13.7. The summed E-state index contributed by atoms with van der Waals surface area (Å²) in [5.74, 6) is 3.45. The maximum absolute atomic E-state index is 12.8. The highest BCUT2D eigenvalue weighted by molar-refractivity contribution is 6.02. The van der Waals surface area contributed by atoms with Crippen molar-refractivity contribution in [2.24, 2.45) is 0 Å². The Balaban J connectivity index is 0.000000139. The molecule has 3 fully saturated rings. The Labute approximate surface area is 593 Å². The van der Waals surface area contributed by atoms with E-state index < -0.39 is 0 Å². The lowest BCUT2D eigenvalue weighted by Crippen LogP contribution is -2.40. The molecule has 12 heterocycles. The number of anilines is 3. The van der Waals surface area contributed by atoms with Crippen molar-refractivity contribution in [2.75, 3.05) is 56.5 Å². The van der Waals surface area contributed by atoms with Gasteiger partial charge in [-0.25, -0.2) is 30.2 Å². The van der Waals surface area contributed by atoms with Gasteiger partial charge in [0.15, 0.2) is 17.5 Å². The second-order valence-corrected chi connectivity index (χ2v) is 25.1. The van der Waals surface area contributed by atoms with Crippen molar-refractivity contribution in [3.8, 4) is 68.7 Å². The molecular weight excluding hydrogens is 1330 g/mol. The smallest absolute Gasteiger partial charge is 0.290 e. The summed E-state index contributed by atoms with van der Waals surface area (Å²) in [6.45, 7) is 17.9. The molecule has 0 aliphatic carbocycles. The van der Waals surface area contributed by atoms with Crippen molar-refractivity contribution < 1.29 is 28.6 Å². The molecule has 9 N–H and O–H groups in total. The first kappa shape index (κ1) is 69.1. The Morgan fingerprint density at radius 1 is 0.452 bits per heavy atom. The van der Waals surface area contributed by atoms with Crippen molar-refractivity contribution in [3.05, 3.63) is 214 Å². The minimum Gasteiger partial charge on any atom is -0.439 e. The summed E-state index contributed by atoms with van der Waals surface area (Å²) in [6, 6.07) is 34.3. The van der Waals surface area contributed by atoms with Gasteiger partial charge in [-0.1, -0.05) is 31.9 Å². The van der Waals surface area contributed by atoms with Crippen molar-refractivity contribution >= 4 is 67.9 Å². The quantitative estimate of drug-likeness (QED) is 0.0520. The number of piperidine rings is 3. The third-order valence-corrected chi connectivity index (χ3v) is 18.1. The highest BCUT2D eigenvalue weighted by Crippen LogP contribution is 2.39. The minimum absolute atomic E-state index is 0.139. The first-order valence-corrected chi connectivity index (χ1v) is 33.6. The van der Waals surface area contributed by atoms with Gasteiger partial charge in [0.2, 0.25) is 35.4 Å². The fraction of sp³-hybridized carbons (Fsp3) is 0.230. The van der Waals surface area contributed by atoms with Gasteiger partial charge in [-0.3, -0.25) is 42.8 Å². The zero-order valence-corrected chi connectivity index (χ0v) is 56.9. The molecule has 3 saturated heterocycles. The molecule has 3 aliphatic heterocycles. The molecule has 3 aromatic carbocycles. The number of carbonyl (C=O) groups is 3. The lowest BCUT2D eigenvalue weighted by molar-refractivity contribution is -0.128. The van der Waals surface area contributed by atoms with Gasteiger partial charge < -0.3 is 46.1 Å². The highest BCUT2D eigenvalue weighted by atomic mass is 16.5. The van der Waals surface area contributed by atoms with E-state index >= 15 is 0 Å². The molecule has 0 bridgehead atoms. The summed E-state index contributed by atoms with van der Waals surface area (Å²) in [5.41, 5.74) is 24.5. The van der Waals surface area contributed by atoms with Gasteiger partial charge in [0.25, 0.3) is 16.7 Å². The third kappa shape index (κ3) is 14.6. The van der Waals surface area contributed by atoms with E-state index in [4.69, 9.17) is 46.7 Å². The van der Waals surface area contributed by atoms with Crippen LogP contribution in [0.2, 0.25) is 0 Å². The second kappa shape index (κ2) is 30.2. The van der Waals surface area contributed by atoms with E-state index in [0.717, 1.165) is 66.3 Å². The molecule has 528 valence electrons. The summed E-state index contributed by atoms with van der Waals surface area (Å²) in [7, 11) is 0. The van der Waals surface area contributed by atoms with Crippen LogP contribution in [0.4, 0.5) is 17.5 Å². The number of rotatable bonds is 15. The molecule has 0 spiro atoms. The van der Waals surface area contributed by atoms with Gasteiger partial charge in [0.1, 0.15) is 50.9 Å². The van der Waals surface area contributed by atoms with E-state index in [2.05, 4.69) is 65.3 Å². The zero-order valence-electron chi connectivity index (χ0n) is 56.9. The van der Waals surface area contributed by atoms with Gasteiger partial charge in [-0.2, -0.15) is 30.6 Å². The average molecular weight is 1400 g/mol. The number of fused-ring (bicyclic) bond motifs is 3. The molecule has 9 aromatic heterocycles. The number of amides is 3. The molecule has 30 nitrogen and oxygen atoms in total. The van der Waals surface area contributed by atoms with Crippen molar-refractivity contribution in [1.82, 2.24) is 89.6 Å². The predicted octanol–water partition coefficient (Wildman–Crippen LogP) is 9.33. The largest absolute Gasteiger partial charge is 0.439 e. The van der Waals surface area contributed by atoms with E-state index in [0.29, 0.717) is 124 Å². The number of aryl methyl sites for hydroxylation is 2. The number of nitrogens with zero attached hydrogens (tertiary/aromatic N) is 15. The number of pyridine rings is 3. The third-order valence-electron chi connectivity index (χ3n) is 18.1. The SMILES string of the molecule is C=CC(=O)N1CCC[C@@H](n2nc(-c3ccc(Oc4cc(C)ccn4)cc3)c3c(N)n[nH]c(=O)c32)C1.C=CC(=O)N1CCC[C@@H](n2nc(-c3ccc(Oc4ccc(C)cn4)cc3)c3c(N)n[nH]c(=O)c32)C1.C=CC(=O)N1CCC[C@@H](n2nc(-c3ccc(Oc4ccccn4)cc3)c3c(N)n[nH]c(=O)c32)C1. The van der Waals surface area contributed by atoms with Crippen LogP contribution in [-0.2, 0) is 14.4 Å². The lowest BCUT2D eigenvalue weighted by Gasteiger charge is -2.32. The Kier molecular flexibility index (Phi) is 20.1. The number of aromatic nitrogens is 15. The van der Waals surface area contributed by atoms with E-state index in [-0.39, 0.29) is 70.0 Å². The van der Waals surface area contributed by atoms with Gasteiger partial charge in [-0.05, 0) is 167 Å². The van der Waals surface area contributed by atoms with Crippen LogP contribution < -0.4 is 48.1 Å². The van der Waals surface area contributed by atoms with E-state index in [9.17, 15) is 28.8 Å². The number of hydrogen-bond donors (Lipinski definition) is 6. The molecule has 104 heavy (non-hydrogen) atoms. The topological polar surface area (TPSA) is 396 Å².